The summed E-state index contributed by atoms with van der Waals surface area (Å²) in [5.41, 5.74) is -0.152. The summed E-state index contributed by atoms with van der Waals surface area (Å²) in [6, 6.07) is 2.09. The summed E-state index contributed by atoms with van der Waals surface area (Å²) in [7, 11) is -4.01. The van der Waals surface area contributed by atoms with E-state index < -0.39 is 14.9 Å². The van der Waals surface area contributed by atoms with Gasteiger partial charge in [-0.2, -0.15) is 0 Å². The fourth-order valence-corrected chi connectivity index (χ4v) is 2.45. The molecule has 0 bridgehead atoms. The molecule has 0 atom stereocenters. The van der Waals surface area contributed by atoms with E-state index in [1.54, 1.807) is 0 Å². The minimum Gasteiger partial charge on any atom is -0.287 e. The van der Waals surface area contributed by atoms with Crippen molar-refractivity contribution in [3.8, 4) is 0 Å². The first kappa shape index (κ1) is 16.8. The van der Waals surface area contributed by atoms with Crippen LogP contribution in [0, 0.1) is 23.0 Å². The van der Waals surface area contributed by atoms with E-state index in [-0.39, 0.29) is 33.7 Å². The molecule has 0 fully saturated rings. The van der Waals surface area contributed by atoms with E-state index in [1.165, 1.54) is 6.92 Å². The molecule has 1 N–H and O–H groups in total. The fraction of sp³-hybridized carbons (Fsp3) is 0.455. The lowest BCUT2D eigenvalue weighted by Crippen LogP contribution is -2.26. The highest BCUT2D eigenvalue weighted by molar-refractivity contribution is 7.89. The van der Waals surface area contributed by atoms with E-state index in [9.17, 15) is 18.5 Å². The summed E-state index contributed by atoms with van der Waals surface area (Å²) in [4.78, 5) is 16.6. The predicted octanol–water partition coefficient (Wildman–Crippen LogP) is 2.42. The van der Waals surface area contributed by atoms with Crippen molar-refractivity contribution in [3.05, 3.63) is 32.8 Å². The Labute approximate surface area is 122 Å². The molecule has 0 aliphatic heterocycles. The standard InChI is InChI=1S/C11H15ClN2O5S/c1-7(2)6-19-13-20(17,18)9-4-10(12)8(3)11(5-9)14(15)16/h4-5,7,13H,6H2,1-3H3. The molecule has 0 saturated heterocycles. The number of benzene rings is 1. The van der Waals surface area contributed by atoms with Gasteiger partial charge in [-0.3, -0.25) is 15.0 Å². The maximum atomic E-state index is 11.9. The summed E-state index contributed by atoms with van der Waals surface area (Å²) >= 11 is 5.82. The number of nitro benzene ring substituents is 1. The van der Waals surface area contributed by atoms with Crippen LogP contribution in [0.2, 0.25) is 5.02 Å². The number of nitrogens with one attached hydrogen (secondary N) is 1. The summed E-state index contributed by atoms with van der Waals surface area (Å²) in [5.74, 6) is 0.133. The van der Waals surface area contributed by atoms with Crippen LogP contribution < -0.4 is 4.89 Å². The molecule has 7 nitrogen and oxygen atoms in total. The molecule has 9 heteroatoms. The number of rotatable bonds is 6. The molecule has 0 aliphatic carbocycles. The molecule has 0 radical (unpaired) electrons. The largest absolute Gasteiger partial charge is 0.287 e. The van der Waals surface area contributed by atoms with Crippen molar-refractivity contribution in [2.45, 2.75) is 25.7 Å². The first-order valence-electron chi connectivity index (χ1n) is 5.73. The highest BCUT2D eigenvalue weighted by atomic mass is 35.5. The second-order valence-electron chi connectivity index (χ2n) is 4.60. The van der Waals surface area contributed by atoms with Gasteiger partial charge in [0.2, 0.25) is 0 Å². The molecule has 1 rings (SSSR count). The summed E-state index contributed by atoms with van der Waals surface area (Å²) in [6.07, 6.45) is 0. The van der Waals surface area contributed by atoms with Crippen LogP contribution in [0.15, 0.2) is 17.0 Å². The van der Waals surface area contributed by atoms with Gasteiger partial charge in [0.05, 0.1) is 21.4 Å². The number of sulfonamides is 1. The van der Waals surface area contributed by atoms with E-state index >= 15 is 0 Å². The van der Waals surface area contributed by atoms with Crippen molar-refractivity contribution >= 4 is 27.3 Å². The van der Waals surface area contributed by atoms with Crippen LogP contribution in [0.4, 0.5) is 5.69 Å². The first-order valence-corrected chi connectivity index (χ1v) is 7.59. The highest BCUT2D eigenvalue weighted by Gasteiger charge is 2.22. The molecule has 112 valence electrons. The molecule has 20 heavy (non-hydrogen) atoms. The zero-order chi connectivity index (χ0) is 15.5. The quantitative estimate of drug-likeness (QED) is 0.640. The van der Waals surface area contributed by atoms with Crippen LogP contribution >= 0.6 is 11.6 Å². The van der Waals surface area contributed by atoms with Gasteiger partial charge in [0, 0.05) is 11.6 Å². The van der Waals surface area contributed by atoms with Crippen LogP contribution in [0.1, 0.15) is 19.4 Å². The maximum absolute atomic E-state index is 11.9. The average molecular weight is 323 g/mol. The maximum Gasteiger partial charge on any atom is 0.275 e. The van der Waals surface area contributed by atoms with Crippen molar-refractivity contribution in [3.63, 3.8) is 0 Å². The van der Waals surface area contributed by atoms with E-state index in [4.69, 9.17) is 16.4 Å². The Morgan fingerprint density at radius 3 is 2.55 bits per heavy atom. The van der Waals surface area contributed by atoms with Crippen molar-refractivity contribution in [1.29, 1.82) is 0 Å². The van der Waals surface area contributed by atoms with Gasteiger partial charge in [-0.05, 0) is 18.9 Å². The lowest BCUT2D eigenvalue weighted by atomic mass is 10.2. The number of hydrogen-bond donors (Lipinski definition) is 1. The first-order chi connectivity index (χ1) is 9.15. The molecule has 1 aromatic rings. The Bertz CT molecular complexity index is 615. The van der Waals surface area contributed by atoms with Gasteiger partial charge in [0.1, 0.15) is 0 Å². The van der Waals surface area contributed by atoms with Gasteiger partial charge in [0.25, 0.3) is 15.7 Å². The third-order valence-corrected chi connectivity index (χ3v) is 3.97. The second-order valence-corrected chi connectivity index (χ2v) is 6.65. The molecule has 0 aromatic heterocycles. The molecular formula is C11H15ClN2O5S. The van der Waals surface area contributed by atoms with E-state index in [0.717, 1.165) is 12.1 Å². The molecular weight excluding hydrogens is 308 g/mol. The second kappa shape index (κ2) is 6.49. The fourth-order valence-electron chi connectivity index (χ4n) is 1.31. The van der Waals surface area contributed by atoms with Gasteiger partial charge < -0.3 is 0 Å². The van der Waals surface area contributed by atoms with E-state index in [2.05, 4.69) is 0 Å². The van der Waals surface area contributed by atoms with Crippen LogP contribution in [-0.4, -0.2) is 19.9 Å². The van der Waals surface area contributed by atoms with E-state index in [0.29, 0.717) is 0 Å². The van der Waals surface area contributed by atoms with Gasteiger partial charge in [-0.15, -0.1) is 0 Å². The van der Waals surface area contributed by atoms with Gasteiger partial charge >= 0.3 is 0 Å². The Morgan fingerprint density at radius 2 is 2.05 bits per heavy atom. The van der Waals surface area contributed by atoms with Gasteiger partial charge in [-0.25, -0.2) is 8.42 Å². The molecule has 0 aliphatic rings. The van der Waals surface area contributed by atoms with Crippen LogP contribution in [0.5, 0.6) is 0 Å². The van der Waals surface area contributed by atoms with Gasteiger partial charge in [0.15, 0.2) is 0 Å². The van der Waals surface area contributed by atoms with Gasteiger partial charge in [-0.1, -0.05) is 30.3 Å². The predicted molar refractivity (Wildman–Crippen MR) is 74.0 cm³/mol. The number of nitrogens with zero attached hydrogens (tertiary/aromatic N) is 1. The molecule has 0 heterocycles. The highest BCUT2D eigenvalue weighted by Crippen LogP contribution is 2.29. The normalized spacial score (nSPS) is 11.8. The minimum absolute atomic E-state index is 0.00318. The topological polar surface area (TPSA) is 98.5 Å². The van der Waals surface area contributed by atoms with Crippen molar-refractivity contribution < 1.29 is 18.2 Å². The smallest absolute Gasteiger partial charge is 0.275 e. The molecule has 0 amide bonds. The monoisotopic (exact) mass is 322 g/mol. The zero-order valence-electron chi connectivity index (χ0n) is 11.2. The SMILES string of the molecule is Cc1c(Cl)cc(S(=O)(=O)NOCC(C)C)cc1[N+](=O)[O-]. The Balaban J connectivity index is 3.10. The lowest BCUT2D eigenvalue weighted by molar-refractivity contribution is -0.385. The Morgan fingerprint density at radius 1 is 1.45 bits per heavy atom. The molecule has 0 unspecified atom stereocenters. The average Bonchev–Trinajstić information content (AvgIpc) is 2.31. The van der Waals surface area contributed by atoms with Crippen LogP contribution in [0.25, 0.3) is 0 Å². The Kier molecular flexibility index (Phi) is 5.46. The van der Waals surface area contributed by atoms with Crippen molar-refractivity contribution in [2.24, 2.45) is 5.92 Å². The number of hydrogen-bond acceptors (Lipinski definition) is 5. The summed E-state index contributed by atoms with van der Waals surface area (Å²) in [5, 5.41) is 10.9. The molecule has 0 spiro atoms. The lowest BCUT2D eigenvalue weighted by Gasteiger charge is -2.10. The third-order valence-electron chi connectivity index (χ3n) is 2.38. The third kappa shape index (κ3) is 4.14. The molecule has 0 saturated carbocycles. The van der Waals surface area contributed by atoms with Crippen molar-refractivity contribution in [2.75, 3.05) is 6.61 Å². The number of halogens is 1. The number of nitro groups is 1. The Hall–Kier alpha value is -1.22. The van der Waals surface area contributed by atoms with E-state index in [1.807, 2.05) is 18.7 Å². The van der Waals surface area contributed by atoms with Crippen LogP contribution in [0.3, 0.4) is 0 Å². The minimum atomic E-state index is -4.01. The van der Waals surface area contributed by atoms with Crippen LogP contribution in [-0.2, 0) is 14.9 Å². The summed E-state index contributed by atoms with van der Waals surface area (Å²) < 4.78 is 23.9. The molecule has 1 aromatic carbocycles. The zero-order valence-corrected chi connectivity index (χ0v) is 12.8. The summed E-state index contributed by atoms with van der Waals surface area (Å²) in [6.45, 7) is 5.32. The van der Waals surface area contributed by atoms with Crippen molar-refractivity contribution in [1.82, 2.24) is 4.89 Å².